The zero-order chi connectivity index (χ0) is 29.8. The molecule has 1 aliphatic heterocycles. The van der Waals surface area contributed by atoms with Gasteiger partial charge < -0.3 is 10.1 Å². The van der Waals surface area contributed by atoms with Gasteiger partial charge in [0.2, 0.25) is 11.8 Å². The smallest absolute Gasteiger partial charge is 0.338 e. The third kappa shape index (κ3) is 4.39. The third-order valence-corrected chi connectivity index (χ3v) is 9.36. The van der Waals surface area contributed by atoms with Crippen molar-refractivity contribution in [3.8, 4) is 0 Å². The van der Waals surface area contributed by atoms with E-state index in [2.05, 4.69) is 45.5 Å². The Morgan fingerprint density at radius 2 is 1.33 bits per heavy atom. The van der Waals surface area contributed by atoms with E-state index in [0.717, 1.165) is 38.7 Å². The van der Waals surface area contributed by atoms with Crippen LogP contribution in [0.25, 0.3) is 0 Å². The normalized spacial score (nSPS) is 21.2. The molecule has 2 bridgehead atoms. The molecular weight excluding hydrogens is 608 g/mol. The Bertz CT molecular complexity index is 1700. The van der Waals surface area contributed by atoms with Gasteiger partial charge in [-0.1, -0.05) is 71.4 Å². The quantitative estimate of drug-likeness (QED) is 0.201. The second kappa shape index (κ2) is 10.6. The fourth-order valence-electron chi connectivity index (χ4n) is 7.06. The minimum absolute atomic E-state index is 0.185. The Hall–Kier alpha value is -4.56. The number of carbonyl (C=O) groups is 4. The summed E-state index contributed by atoms with van der Waals surface area (Å²) in [6, 6.07) is 28.0. The maximum Gasteiger partial charge on any atom is 0.338 e. The van der Waals surface area contributed by atoms with Gasteiger partial charge in [0.25, 0.3) is 5.91 Å². The van der Waals surface area contributed by atoms with E-state index in [1.54, 1.807) is 18.2 Å². The summed E-state index contributed by atoms with van der Waals surface area (Å²) in [5.74, 6) is -2.90. The van der Waals surface area contributed by atoms with Gasteiger partial charge in [0.05, 0.1) is 23.1 Å². The number of halogens is 1. The number of aryl methyl sites for hydroxylation is 1. The number of carbonyl (C=O) groups excluding carboxylic acids is 4. The number of nitrogens with zero attached hydrogens (tertiary/aromatic N) is 1. The largest absolute Gasteiger partial charge is 0.452 e. The van der Waals surface area contributed by atoms with Gasteiger partial charge in [-0.2, -0.15) is 0 Å². The van der Waals surface area contributed by atoms with Crippen LogP contribution in [-0.4, -0.2) is 30.3 Å². The van der Waals surface area contributed by atoms with Crippen molar-refractivity contribution in [1.29, 1.82) is 0 Å². The second-order valence-electron chi connectivity index (χ2n) is 11.1. The number of imide groups is 1. The van der Waals surface area contributed by atoms with Crippen molar-refractivity contribution in [2.24, 2.45) is 11.8 Å². The molecule has 0 spiro atoms. The lowest BCUT2D eigenvalue weighted by Crippen LogP contribution is -2.41. The lowest BCUT2D eigenvalue weighted by Gasteiger charge is -2.45. The Morgan fingerprint density at radius 1 is 0.791 bits per heavy atom. The summed E-state index contributed by atoms with van der Waals surface area (Å²) in [6.07, 6.45) is 0.728. The molecule has 0 radical (unpaired) electrons. The number of ether oxygens (including phenoxy) is 1. The zero-order valence-corrected chi connectivity index (χ0v) is 24.8. The molecule has 3 amide bonds. The van der Waals surface area contributed by atoms with Gasteiger partial charge in [0.15, 0.2) is 6.61 Å². The summed E-state index contributed by atoms with van der Waals surface area (Å²) in [5, 5.41) is 2.78. The van der Waals surface area contributed by atoms with Crippen LogP contribution in [0.4, 0.5) is 11.4 Å². The predicted octanol–water partition coefficient (Wildman–Crippen LogP) is 6.20. The number of benzene rings is 4. The lowest BCUT2D eigenvalue weighted by atomic mass is 9.55. The average molecular weight is 636 g/mol. The van der Waals surface area contributed by atoms with Gasteiger partial charge in [-0.3, -0.25) is 14.4 Å². The van der Waals surface area contributed by atoms with Crippen LogP contribution >= 0.6 is 15.9 Å². The van der Waals surface area contributed by atoms with Gasteiger partial charge in [-0.15, -0.1) is 0 Å². The van der Waals surface area contributed by atoms with Crippen molar-refractivity contribution in [3.63, 3.8) is 0 Å². The van der Waals surface area contributed by atoms with Crippen molar-refractivity contribution in [2.45, 2.75) is 25.2 Å². The maximum absolute atomic E-state index is 13.9. The number of rotatable bonds is 6. The molecule has 43 heavy (non-hydrogen) atoms. The Morgan fingerprint density at radius 3 is 1.84 bits per heavy atom. The fourth-order valence-corrected chi connectivity index (χ4v) is 7.46. The molecule has 8 heteroatoms. The first-order valence-corrected chi connectivity index (χ1v) is 15.1. The highest BCUT2D eigenvalue weighted by Crippen LogP contribution is 2.61. The van der Waals surface area contributed by atoms with Crippen molar-refractivity contribution in [2.75, 3.05) is 16.8 Å². The van der Waals surface area contributed by atoms with Crippen molar-refractivity contribution in [3.05, 3.63) is 129 Å². The molecule has 1 N–H and O–H groups in total. The number of anilines is 2. The van der Waals surface area contributed by atoms with E-state index in [9.17, 15) is 19.2 Å². The molecule has 0 saturated carbocycles. The summed E-state index contributed by atoms with van der Waals surface area (Å²) in [7, 11) is 0. The highest BCUT2D eigenvalue weighted by atomic mass is 79.9. The third-order valence-electron chi connectivity index (χ3n) is 8.87. The molecule has 4 aromatic carbocycles. The Balaban J connectivity index is 1.08. The molecule has 1 saturated heterocycles. The maximum atomic E-state index is 13.9. The molecule has 4 aromatic rings. The zero-order valence-electron chi connectivity index (χ0n) is 23.3. The fraction of sp³-hybridized carbons (Fsp3) is 0.200. The molecular formula is C35H27BrN2O5. The van der Waals surface area contributed by atoms with Gasteiger partial charge in [-0.05, 0) is 76.7 Å². The summed E-state index contributed by atoms with van der Waals surface area (Å²) < 4.78 is 6.16. The van der Waals surface area contributed by atoms with Gasteiger partial charge in [0, 0.05) is 22.0 Å². The van der Waals surface area contributed by atoms with Gasteiger partial charge >= 0.3 is 5.97 Å². The van der Waals surface area contributed by atoms with Gasteiger partial charge in [0.1, 0.15) is 0 Å². The molecule has 0 unspecified atom stereocenters. The molecule has 214 valence electrons. The van der Waals surface area contributed by atoms with Crippen LogP contribution in [0, 0.1) is 11.8 Å². The van der Waals surface area contributed by atoms with E-state index in [4.69, 9.17) is 4.74 Å². The standard InChI is InChI=1S/C35H27BrN2O5/c1-2-19-17-21(36)13-16-27(19)37-28(39)18-43-35(42)20-11-14-22(15-12-20)38-33(40)31-29-23-7-3-4-8-24(23)30(32(31)34(38)41)26-10-6-5-9-25(26)29/h3-17,29-32H,2,18H2,1H3,(H,37,39)/t29?,30?,31-,32+. The van der Waals surface area contributed by atoms with Crippen molar-refractivity contribution < 1.29 is 23.9 Å². The summed E-state index contributed by atoms with van der Waals surface area (Å²) in [4.78, 5) is 54.3. The van der Waals surface area contributed by atoms with Crippen LogP contribution < -0.4 is 10.2 Å². The summed E-state index contributed by atoms with van der Waals surface area (Å²) in [6.45, 7) is 1.54. The first kappa shape index (κ1) is 27.3. The SMILES string of the molecule is CCc1cc(Br)ccc1NC(=O)COC(=O)c1ccc(N2C(=O)[C@@H]3C4c5ccccc5C(c5ccccc54)[C@@H]3C2=O)cc1. The molecule has 7 nitrogen and oxygen atoms in total. The van der Waals surface area contributed by atoms with E-state index in [1.807, 2.05) is 43.3 Å². The first-order chi connectivity index (χ1) is 20.9. The number of hydrogen-bond donors (Lipinski definition) is 1. The minimum Gasteiger partial charge on any atom is -0.452 e. The monoisotopic (exact) mass is 634 g/mol. The highest BCUT2D eigenvalue weighted by molar-refractivity contribution is 9.10. The van der Waals surface area contributed by atoms with Crippen molar-refractivity contribution in [1.82, 2.24) is 0 Å². The van der Waals surface area contributed by atoms with Crippen LogP contribution in [0.1, 0.15) is 56.9 Å². The molecule has 1 fully saturated rings. The minimum atomic E-state index is -0.676. The summed E-state index contributed by atoms with van der Waals surface area (Å²) in [5.41, 5.74) is 6.70. The Kier molecular flexibility index (Phi) is 6.73. The van der Waals surface area contributed by atoms with Crippen LogP contribution in [0.15, 0.2) is 95.5 Å². The molecule has 3 aliphatic carbocycles. The highest BCUT2D eigenvalue weighted by Gasteiger charge is 2.61. The van der Waals surface area contributed by atoms with Crippen LogP contribution in [0.3, 0.4) is 0 Å². The molecule has 4 aliphatic rings. The topological polar surface area (TPSA) is 92.8 Å². The second-order valence-corrected chi connectivity index (χ2v) is 12.0. The van der Waals surface area contributed by atoms with E-state index in [-0.39, 0.29) is 29.2 Å². The number of amides is 3. The van der Waals surface area contributed by atoms with E-state index < -0.39 is 30.3 Å². The molecule has 2 atom stereocenters. The molecule has 1 heterocycles. The van der Waals surface area contributed by atoms with Crippen LogP contribution in [0.2, 0.25) is 0 Å². The first-order valence-electron chi connectivity index (χ1n) is 14.3. The van der Waals surface area contributed by atoms with E-state index in [0.29, 0.717) is 11.4 Å². The van der Waals surface area contributed by atoms with E-state index in [1.165, 1.54) is 17.0 Å². The Labute approximate surface area is 257 Å². The van der Waals surface area contributed by atoms with E-state index >= 15 is 0 Å². The van der Waals surface area contributed by atoms with Crippen LogP contribution in [0.5, 0.6) is 0 Å². The predicted molar refractivity (Wildman–Crippen MR) is 165 cm³/mol. The lowest BCUT2D eigenvalue weighted by molar-refractivity contribution is -0.122. The summed E-state index contributed by atoms with van der Waals surface area (Å²) >= 11 is 3.43. The molecule has 8 rings (SSSR count). The number of hydrogen-bond acceptors (Lipinski definition) is 5. The number of nitrogens with one attached hydrogen (secondary N) is 1. The molecule has 0 aromatic heterocycles. The van der Waals surface area contributed by atoms with Crippen molar-refractivity contribution >= 4 is 51.0 Å². The van der Waals surface area contributed by atoms with Gasteiger partial charge in [-0.25, -0.2) is 9.69 Å². The van der Waals surface area contributed by atoms with Crippen LogP contribution in [-0.2, 0) is 25.5 Å². The average Bonchev–Trinajstić information content (AvgIpc) is 3.30. The number of esters is 1.